The molecule has 3 aromatic heterocycles. The number of fused-ring (bicyclic) bond motifs is 1. The van der Waals surface area contributed by atoms with Gasteiger partial charge in [0.25, 0.3) is 5.89 Å². The first-order valence-corrected chi connectivity index (χ1v) is 6.20. The molecule has 1 atom stereocenters. The molecule has 0 aromatic carbocycles. The van der Waals surface area contributed by atoms with Gasteiger partial charge in [-0.15, -0.1) is 0 Å². The highest BCUT2D eigenvalue weighted by Gasteiger charge is 2.32. The van der Waals surface area contributed by atoms with E-state index >= 15 is 0 Å². The second-order valence-electron chi connectivity index (χ2n) is 4.79. The summed E-state index contributed by atoms with van der Waals surface area (Å²) in [5.41, 5.74) is 7.67. The lowest BCUT2D eigenvalue weighted by Crippen LogP contribution is -2.13. The smallest absolute Gasteiger partial charge is 0.261 e. The van der Waals surface area contributed by atoms with E-state index in [2.05, 4.69) is 20.2 Å². The van der Waals surface area contributed by atoms with Crippen LogP contribution in [0.5, 0.6) is 0 Å². The number of rotatable bonds is 3. The zero-order chi connectivity index (χ0) is 12.8. The number of aromatic nitrogens is 5. The van der Waals surface area contributed by atoms with Crippen LogP contribution in [0.2, 0.25) is 0 Å². The maximum Gasteiger partial charge on any atom is 0.261 e. The molecule has 1 fully saturated rings. The van der Waals surface area contributed by atoms with E-state index in [0.717, 1.165) is 23.9 Å². The maximum absolute atomic E-state index is 6.06. The van der Waals surface area contributed by atoms with Crippen LogP contribution in [0.15, 0.2) is 29.3 Å². The second-order valence-corrected chi connectivity index (χ2v) is 4.79. The van der Waals surface area contributed by atoms with Crippen molar-refractivity contribution in [2.45, 2.75) is 18.9 Å². The average Bonchev–Trinajstić information content (AvgIpc) is 3.01. The average molecular weight is 256 g/mol. The fourth-order valence-electron chi connectivity index (χ4n) is 2.15. The first-order valence-electron chi connectivity index (χ1n) is 6.20. The molecule has 1 unspecified atom stereocenters. The molecule has 0 radical (unpaired) electrons. The SMILES string of the molecule is NC(c1noc(-c2cnn3ccncc23)n1)C1CC1. The molecule has 0 saturated heterocycles. The van der Waals surface area contributed by atoms with Gasteiger partial charge in [-0.3, -0.25) is 4.98 Å². The third-order valence-electron chi connectivity index (χ3n) is 3.42. The second kappa shape index (κ2) is 3.86. The third-order valence-corrected chi connectivity index (χ3v) is 3.42. The maximum atomic E-state index is 6.06. The van der Waals surface area contributed by atoms with Crippen molar-refractivity contribution in [3.63, 3.8) is 0 Å². The van der Waals surface area contributed by atoms with Gasteiger partial charge in [0.05, 0.1) is 29.5 Å². The van der Waals surface area contributed by atoms with Crippen LogP contribution in [0, 0.1) is 5.92 Å². The Bertz CT molecular complexity index is 728. The van der Waals surface area contributed by atoms with Gasteiger partial charge in [-0.25, -0.2) is 4.52 Å². The van der Waals surface area contributed by atoms with Crippen LogP contribution in [-0.2, 0) is 0 Å². The standard InChI is InChI=1S/C12H12N6O/c13-10(7-1-2-7)11-16-12(19-17-11)8-5-15-18-4-3-14-6-9(8)18/h3-7,10H,1-2,13H2. The van der Waals surface area contributed by atoms with Crippen LogP contribution in [0.1, 0.15) is 24.7 Å². The lowest BCUT2D eigenvalue weighted by atomic mass is 10.2. The zero-order valence-corrected chi connectivity index (χ0v) is 10.1. The Kier molecular flexibility index (Phi) is 2.16. The third kappa shape index (κ3) is 1.70. The summed E-state index contributed by atoms with van der Waals surface area (Å²) >= 11 is 0. The molecule has 3 aromatic rings. The van der Waals surface area contributed by atoms with Gasteiger partial charge in [-0.2, -0.15) is 10.1 Å². The summed E-state index contributed by atoms with van der Waals surface area (Å²) < 4.78 is 7.01. The highest BCUT2D eigenvalue weighted by atomic mass is 16.5. The van der Waals surface area contributed by atoms with Gasteiger partial charge < -0.3 is 10.3 Å². The minimum atomic E-state index is -0.127. The Balaban J connectivity index is 1.75. The summed E-state index contributed by atoms with van der Waals surface area (Å²) in [6.45, 7) is 0. The van der Waals surface area contributed by atoms with Gasteiger partial charge in [-0.1, -0.05) is 5.16 Å². The molecule has 1 saturated carbocycles. The summed E-state index contributed by atoms with van der Waals surface area (Å²) in [6, 6.07) is -0.127. The molecule has 7 nitrogen and oxygen atoms in total. The van der Waals surface area contributed by atoms with Crippen molar-refractivity contribution in [3.8, 4) is 11.5 Å². The molecule has 1 aliphatic carbocycles. The van der Waals surface area contributed by atoms with Crippen molar-refractivity contribution >= 4 is 5.52 Å². The molecule has 96 valence electrons. The first kappa shape index (κ1) is 10.6. The summed E-state index contributed by atoms with van der Waals surface area (Å²) in [7, 11) is 0. The van der Waals surface area contributed by atoms with Crippen molar-refractivity contribution in [3.05, 3.63) is 30.6 Å². The minimum absolute atomic E-state index is 0.127. The van der Waals surface area contributed by atoms with E-state index in [9.17, 15) is 0 Å². The van der Waals surface area contributed by atoms with Crippen molar-refractivity contribution < 1.29 is 4.52 Å². The van der Waals surface area contributed by atoms with Gasteiger partial charge in [0, 0.05) is 12.4 Å². The Labute approximate surface area is 108 Å². The van der Waals surface area contributed by atoms with Gasteiger partial charge >= 0.3 is 0 Å². The van der Waals surface area contributed by atoms with Crippen LogP contribution in [0.3, 0.4) is 0 Å². The molecule has 0 spiro atoms. The predicted molar refractivity (Wildman–Crippen MR) is 65.9 cm³/mol. The van der Waals surface area contributed by atoms with Crippen molar-refractivity contribution in [1.29, 1.82) is 0 Å². The first-order chi connectivity index (χ1) is 9.33. The van der Waals surface area contributed by atoms with Crippen LogP contribution in [0.4, 0.5) is 0 Å². The van der Waals surface area contributed by atoms with E-state index in [4.69, 9.17) is 10.3 Å². The van der Waals surface area contributed by atoms with Crippen molar-refractivity contribution in [2.75, 3.05) is 0 Å². The van der Waals surface area contributed by atoms with E-state index in [1.165, 1.54) is 0 Å². The highest BCUT2D eigenvalue weighted by molar-refractivity contribution is 5.73. The van der Waals surface area contributed by atoms with Crippen molar-refractivity contribution in [2.24, 2.45) is 11.7 Å². The van der Waals surface area contributed by atoms with Crippen LogP contribution >= 0.6 is 0 Å². The lowest BCUT2D eigenvalue weighted by Gasteiger charge is -2.01. The highest BCUT2D eigenvalue weighted by Crippen LogP contribution is 2.38. The van der Waals surface area contributed by atoms with Crippen molar-refractivity contribution in [1.82, 2.24) is 24.7 Å². The Hall–Kier alpha value is -2.28. The summed E-state index contributed by atoms with van der Waals surface area (Å²) in [5, 5.41) is 8.19. The monoisotopic (exact) mass is 256 g/mol. The number of nitrogens with zero attached hydrogens (tertiary/aromatic N) is 5. The van der Waals surface area contributed by atoms with Gasteiger partial charge in [0.15, 0.2) is 5.82 Å². The largest absolute Gasteiger partial charge is 0.334 e. The fraction of sp³-hybridized carbons (Fsp3) is 0.333. The van der Waals surface area contributed by atoms with E-state index < -0.39 is 0 Å². The van der Waals surface area contributed by atoms with E-state index in [1.807, 2.05) is 0 Å². The number of hydrogen-bond donors (Lipinski definition) is 1. The van der Waals surface area contributed by atoms with Gasteiger partial charge in [0.2, 0.25) is 0 Å². The molecule has 2 N–H and O–H groups in total. The molecule has 7 heteroatoms. The fourth-order valence-corrected chi connectivity index (χ4v) is 2.15. The van der Waals surface area contributed by atoms with Crippen LogP contribution < -0.4 is 5.73 Å². The Morgan fingerprint density at radius 3 is 3.11 bits per heavy atom. The number of nitrogens with two attached hydrogens (primary N) is 1. The van der Waals surface area contributed by atoms with E-state index in [1.54, 1.807) is 29.3 Å². The summed E-state index contributed by atoms with van der Waals surface area (Å²) in [5.74, 6) is 1.51. The molecular formula is C12H12N6O. The zero-order valence-electron chi connectivity index (χ0n) is 10.1. The van der Waals surface area contributed by atoms with Gasteiger partial charge in [-0.05, 0) is 18.8 Å². The lowest BCUT2D eigenvalue weighted by molar-refractivity contribution is 0.412. The van der Waals surface area contributed by atoms with Crippen LogP contribution in [0.25, 0.3) is 17.0 Å². The number of hydrogen-bond acceptors (Lipinski definition) is 6. The van der Waals surface area contributed by atoms with E-state index in [0.29, 0.717) is 17.6 Å². The normalized spacial score (nSPS) is 16.9. The quantitative estimate of drug-likeness (QED) is 0.756. The molecular weight excluding hydrogens is 244 g/mol. The predicted octanol–water partition coefficient (Wildman–Crippen LogP) is 1.19. The summed E-state index contributed by atoms with van der Waals surface area (Å²) in [6.07, 6.45) is 9.14. The molecule has 0 bridgehead atoms. The molecule has 4 rings (SSSR count). The summed E-state index contributed by atoms with van der Waals surface area (Å²) in [4.78, 5) is 8.46. The molecule has 0 aliphatic heterocycles. The molecule has 0 amide bonds. The minimum Gasteiger partial charge on any atom is -0.334 e. The van der Waals surface area contributed by atoms with Crippen LogP contribution in [-0.4, -0.2) is 24.7 Å². The molecule has 1 aliphatic rings. The van der Waals surface area contributed by atoms with E-state index in [-0.39, 0.29) is 6.04 Å². The molecule has 19 heavy (non-hydrogen) atoms. The van der Waals surface area contributed by atoms with Gasteiger partial charge in [0.1, 0.15) is 0 Å². The molecule has 3 heterocycles. The Morgan fingerprint density at radius 1 is 1.37 bits per heavy atom. The Morgan fingerprint density at radius 2 is 2.26 bits per heavy atom. The topological polar surface area (TPSA) is 95.1 Å².